The summed E-state index contributed by atoms with van der Waals surface area (Å²) < 4.78 is 0. The van der Waals surface area contributed by atoms with Crippen LogP contribution in [-0.4, -0.2) is 61.8 Å². The van der Waals surface area contributed by atoms with Crippen molar-refractivity contribution in [3.05, 3.63) is 0 Å². The molecule has 1 heterocycles. The minimum atomic E-state index is 0.0269. The van der Waals surface area contributed by atoms with Gasteiger partial charge in [-0.1, -0.05) is 0 Å². The maximum Gasteiger partial charge on any atom is 0.216 e. The Bertz CT molecular complexity index is 236. The van der Waals surface area contributed by atoms with E-state index in [2.05, 4.69) is 15.5 Å². The van der Waals surface area contributed by atoms with Gasteiger partial charge < -0.3 is 15.7 Å². The van der Waals surface area contributed by atoms with Gasteiger partial charge in [-0.2, -0.15) is 0 Å². The number of carbonyl (C=O) groups excluding carboxylic acids is 1. The number of likely N-dealkylation sites (N-methyl/N-ethyl adjacent to an activating group) is 1. The zero-order valence-electron chi connectivity index (χ0n) is 10.9. The first kappa shape index (κ1) is 14.4. The van der Waals surface area contributed by atoms with Gasteiger partial charge in [-0.15, -0.1) is 0 Å². The Morgan fingerprint density at radius 1 is 1.47 bits per heavy atom. The van der Waals surface area contributed by atoms with Gasteiger partial charge in [0, 0.05) is 45.8 Å². The summed E-state index contributed by atoms with van der Waals surface area (Å²) >= 11 is 0. The molecule has 0 spiro atoms. The quantitative estimate of drug-likeness (QED) is 0.584. The van der Waals surface area contributed by atoms with Crippen LogP contribution >= 0.6 is 0 Å². The number of nitrogens with zero attached hydrogens (tertiary/aromatic N) is 1. The summed E-state index contributed by atoms with van der Waals surface area (Å²) in [5.74, 6) is 0.586. The van der Waals surface area contributed by atoms with Crippen molar-refractivity contribution in [2.75, 3.05) is 39.8 Å². The molecule has 100 valence electrons. The summed E-state index contributed by atoms with van der Waals surface area (Å²) in [6.07, 6.45) is 2.00. The maximum atomic E-state index is 10.8. The van der Waals surface area contributed by atoms with Gasteiger partial charge in [-0.05, 0) is 25.8 Å². The van der Waals surface area contributed by atoms with Crippen LogP contribution in [0.4, 0.5) is 0 Å². The van der Waals surface area contributed by atoms with Gasteiger partial charge in [0.2, 0.25) is 5.91 Å². The molecule has 0 bridgehead atoms. The Morgan fingerprint density at radius 2 is 2.24 bits per heavy atom. The highest BCUT2D eigenvalue weighted by molar-refractivity contribution is 5.72. The predicted molar refractivity (Wildman–Crippen MR) is 67.8 cm³/mol. The van der Waals surface area contributed by atoms with E-state index in [4.69, 9.17) is 5.11 Å². The molecule has 1 aliphatic rings. The summed E-state index contributed by atoms with van der Waals surface area (Å²) in [4.78, 5) is 13.2. The fourth-order valence-electron chi connectivity index (χ4n) is 2.48. The van der Waals surface area contributed by atoms with Crippen LogP contribution in [0, 0.1) is 5.92 Å². The molecule has 0 aromatic heterocycles. The van der Waals surface area contributed by atoms with Gasteiger partial charge in [-0.3, -0.25) is 9.69 Å². The second-order valence-electron chi connectivity index (χ2n) is 4.84. The zero-order chi connectivity index (χ0) is 12.7. The fourth-order valence-corrected chi connectivity index (χ4v) is 2.48. The molecule has 0 saturated carbocycles. The molecule has 17 heavy (non-hydrogen) atoms. The van der Waals surface area contributed by atoms with E-state index in [-0.39, 0.29) is 12.5 Å². The van der Waals surface area contributed by atoms with Crippen LogP contribution < -0.4 is 10.6 Å². The summed E-state index contributed by atoms with van der Waals surface area (Å²) in [7, 11) is 1.98. The van der Waals surface area contributed by atoms with Gasteiger partial charge >= 0.3 is 0 Å². The largest absolute Gasteiger partial charge is 0.396 e. The summed E-state index contributed by atoms with van der Waals surface area (Å²) in [5.41, 5.74) is 0. The Kier molecular flexibility index (Phi) is 6.47. The van der Waals surface area contributed by atoms with Crippen LogP contribution in [0.25, 0.3) is 0 Å². The lowest BCUT2D eigenvalue weighted by molar-refractivity contribution is -0.119. The van der Waals surface area contributed by atoms with Gasteiger partial charge in [0.15, 0.2) is 0 Å². The van der Waals surface area contributed by atoms with Gasteiger partial charge in [0.25, 0.3) is 0 Å². The standard InChI is InChI=1S/C12H25N3O2/c1-10(17)14-4-5-15-8-11(3-6-16)7-12(9-15)13-2/h11-13,16H,3-9H2,1-2H3,(H,14,17). The number of aliphatic hydroxyl groups excluding tert-OH is 1. The second kappa shape index (κ2) is 7.63. The lowest BCUT2D eigenvalue weighted by Crippen LogP contribution is -2.50. The van der Waals surface area contributed by atoms with Crippen molar-refractivity contribution in [3.8, 4) is 0 Å². The molecule has 5 nitrogen and oxygen atoms in total. The summed E-state index contributed by atoms with van der Waals surface area (Å²) in [6, 6.07) is 0.498. The molecular weight excluding hydrogens is 218 g/mol. The smallest absolute Gasteiger partial charge is 0.216 e. The van der Waals surface area contributed by atoms with Crippen LogP contribution in [0.1, 0.15) is 19.8 Å². The van der Waals surface area contributed by atoms with Crippen molar-refractivity contribution in [1.29, 1.82) is 0 Å². The lowest BCUT2D eigenvalue weighted by atomic mass is 9.92. The molecule has 0 aliphatic carbocycles. The SMILES string of the molecule is CNC1CC(CCO)CN(CCNC(C)=O)C1. The third-order valence-electron chi connectivity index (χ3n) is 3.36. The average Bonchev–Trinajstić information content (AvgIpc) is 2.28. The molecule has 2 unspecified atom stereocenters. The summed E-state index contributed by atoms with van der Waals surface area (Å²) in [6.45, 7) is 5.45. The van der Waals surface area contributed by atoms with E-state index in [1.807, 2.05) is 7.05 Å². The highest BCUT2D eigenvalue weighted by atomic mass is 16.3. The lowest BCUT2D eigenvalue weighted by Gasteiger charge is -2.37. The Hall–Kier alpha value is -0.650. The minimum Gasteiger partial charge on any atom is -0.396 e. The van der Waals surface area contributed by atoms with E-state index in [0.717, 1.165) is 32.5 Å². The molecule has 5 heteroatoms. The van der Waals surface area contributed by atoms with Crippen LogP contribution in [-0.2, 0) is 4.79 Å². The number of nitrogens with one attached hydrogen (secondary N) is 2. The maximum absolute atomic E-state index is 10.8. The number of piperidine rings is 1. The third-order valence-corrected chi connectivity index (χ3v) is 3.36. The van der Waals surface area contributed by atoms with Gasteiger partial charge in [0.1, 0.15) is 0 Å². The first-order chi connectivity index (χ1) is 8.15. The molecule has 0 radical (unpaired) electrons. The van der Waals surface area contributed by atoms with E-state index in [9.17, 15) is 4.79 Å². The molecule has 0 aromatic rings. The molecule has 1 saturated heterocycles. The van der Waals surface area contributed by atoms with Crippen LogP contribution in [0.15, 0.2) is 0 Å². The average molecular weight is 243 g/mol. The minimum absolute atomic E-state index is 0.0269. The van der Waals surface area contributed by atoms with Crippen molar-refractivity contribution in [2.24, 2.45) is 5.92 Å². The number of hydrogen-bond donors (Lipinski definition) is 3. The van der Waals surface area contributed by atoms with Crippen molar-refractivity contribution in [1.82, 2.24) is 15.5 Å². The number of carbonyl (C=O) groups is 1. The van der Waals surface area contributed by atoms with E-state index >= 15 is 0 Å². The number of amides is 1. The van der Waals surface area contributed by atoms with E-state index < -0.39 is 0 Å². The highest BCUT2D eigenvalue weighted by Gasteiger charge is 2.25. The Balaban J connectivity index is 2.33. The highest BCUT2D eigenvalue weighted by Crippen LogP contribution is 2.19. The number of likely N-dealkylation sites (tertiary alicyclic amines) is 1. The van der Waals surface area contributed by atoms with Gasteiger partial charge in [-0.25, -0.2) is 0 Å². The Labute approximate surface area is 104 Å². The van der Waals surface area contributed by atoms with Crippen molar-refractivity contribution in [3.63, 3.8) is 0 Å². The first-order valence-electron chi connectivity index (χ1n) is 6.40. The predicted octanol–water partition coefficient (Wildman–Crippen LogP) is -0.585. The van der Waals surface area contributed by atoms with Crippen LogP contribution in [0.2, 0.25) is 0 Å². The molecule has 1 aliphatic heterocycles. The van der Waals surface area contributed by atoms with E-state index in [1.165, 1.54) is 0 Å². The van der Waals surface area contributed by atoms with Crippen LogP contribution in [0.3, 0.4) is 0 Å². The van der Waals surface area contributed by atoms with Crippen LogP contribution in [0.5, 0.6) is 0 Å². The number of hydrogen-bond acceptors (Lipinski definition) is 4. The molecule has 1 amide bonds. The molecule has 2 atom stereocenters. The van der Waals surface area contributed by atoms with E-state index in [1.54, 1.807) is 6.92 Å². The third kappa shape index (κ3) is 5.48. The normalized spacial score (nSPS) is 25.8. The second-order valence-corrected chi connectivity index (χ2v) is 4.84. The van der Waals surface area contributed by atoms with Gasteiger partial charge in [0.05, 0.1) is 0 Å². The molecule has 1 fully saturated rings. The summed E-state index contributed by atoms with van der Waals surface area (Å²) in [5, 5.41) is 15.1. The molecule has 1 rings (SSSR count). The number of aliphatic hydroxyl groups is 1. The monoisotopic (exact) mass is 243 g/mol. The Morgan fingerprint density at radius 3 is 2.82 bits per heavy atom. The topological polar surface area (TPSA) is 64.6 Å². The van der Waals surface area contributed by atoms with E-state index in [0.29, 0.717) is 18.5 Å². The van der Waals surface area contributed by atoms with Crippen molar-refractivity contribution in [2.45, 2.75) is 25.8 Å². The molecule has 0 aromatic carbocycles. The first-order valence-corrected chi connectivity index (χ1v) is 6.40. The zero-order valence-corrected chi connectivity index (χ0v) is 10.9. The van der Waals surface area contributed by atoms with Crippen molar-refractivity contribution >= 4 is 5.91 Å². The molecular formula is C12H25N3O2. The van der Waals surface area contributed by atoms with Crippen molar-refractivity contribution < 1.29 is 9.90 Å². The molecule has 3 N–H and O–H groups in total. The number of rotatable bonds is 6. The fraction of sp³-hybridized carbons (Fsp3) is 0.917.